The van der Waals surface area contributed by atoms with E-state index in [1.54, 1.807) is 0 Å². The lowest BCUT2D eigenvalue weighted by Gasteiger charge is -2.31. The van der Waals surface area contributed by atoms with Crippen molar-refractivity contribution >= 4 is 0 Å². The molecule has 0 aliphatic rings. The molecule has 0 aromatic heterocycles. The summed E-state index contributed by atoms with van der Waals surface area (Å²) in [5, 5.41) is 27.6. The Morgan fingerprint density at radius 2 is 1.44 bits per heavy atom. The Morgan fingerprint density at radius 1 is 0.800 bits per heavy atom. The smallest absolute Gasteiger partial charge is 0.119 e. The van der Waals surface area contributed by atoms with E-state index >= 15 is 0 Å². The molecule has 136 valence electrons. The van der Waals surface area contributed by atoms with Gasteiger partial charge in [0.2, 0.25) is 0 Å². The molecule has 0 amide bonds. The Kier molecular flexibility index (Phi) is 8.42. The Bertz CT molecular complexity index is 582. The van der Waals surface area contributed by atoms with Gasteiger partial charge in [-0.3, -0.25) is 4.90 Å². The zero-order chi connectivity index (χ0) is 17.9. The zero-order valence-corrected chi connectivity index (χ0v) is 14.4. The molecule has 0 saturated carbocycles. The van der Waals surface area contributed by atoms with Gasteiger partial charge in [-0.15, -0.1) is 0 Å². The van der Waals surface area contributed by atoms with Gasteiger partial charge in [0.05, 0.1) is 19.8 Å². The van der Waals surface area contributed by atoms with Crippen LogP contribution in [0, 0.1) is 0 Å². The largest absolute Gasteiger partial charge is 0.491 e. The van der Waals surface area contributed by atoms with E-state index in [1.807, 2.05) is 42.5 Å². The van der Waals surface area contributed by atoms with E-state index in [0.717, 1.165) is 12.0 Å². The molecule has 2 aromatic rings. The SMILES string of the molecule is OCCOc1ccc([C@@H](Cc2ccccc2)N(CCO)CCO)cc1. The van der Waals surface area contributed by atoms with Crippen LogP contribution in [0.4, 0.5) is 0 Å². The summed E-state index contributed by atoms with van der Waals surface area (Å²) in [5.41, 5.74) is 2.30. The van der Waals surface area contributed by atoms with Gasteiger partial charge in [0, 0.05) is 19.1 Å². The van der Waals surface area contributed by atoms with Crippen LogP contribution in [-0.2, 0) is 6.42 Å². The molecule has 0 aliphatic heterocycles. The summed E-state index contributed by atoms with van der Waals surface area (Å²) >= 11 is 0. The molecule has 0 unspecified atom stereocenters. The second-order valence-corrected chi connectivity index (χ2v) is 5.83. The van der Waals surface area contributed by atoms with Gasteiger partial charge in [-0.1, -0.05) is 42.5 Å². The molecule has 25 heavy (non-hydrogen) atoms. The summed E-state index contributed by atoms with van der Waals surface area (Å²) < 4.78 is 5.42. The van der Waals surface area contributed by atoms with Gasteiger partial charge < -0.3 is 20.1 Å². The number of aliphatic hydroxyl groups is 3. The van der Waals surface area contributed by atoms with Crippen LogP contribution in [0.1, 0.15) is 17.2 Å². The molecule has 0 radical (unpaired) electrons. The molecule has 1 atom stereocenters. The fourth-order valence-corrected chi connectivity index (χ4v) is 2.93. The maximum absolute atomic E-state index is 9.40. The van der Waals surface area contributed by atoms with Gasteiger partial charge in [-0.05, 0) is 29.7 Å². The maximum atomic E-state index is 9.40. The number of ether oxygens (including phenoxy) is 1. The third kappa shape index (κ3) is 6.14. The lowest BCUT2D eigenvalue weighted by molar-refractivity contribution is 0.121. The van der Waals surface area contributed by atoms with E-state index in [2.05, 4.69) is 17.0 Å². The first kappa shape index (κ1) is 19.4. The predicted molar refractivity (Wildman–Crippen MR) is 97.7 cm³/mol. The van der Waals surface area contributed by atoms with Gasteiger partial charge in [0.25, 0.3) is 0 Å². The number of hydrogen-bond donors (Lipinski definition) is 3. The van der Waals surface area contributed by atoms with E-state index in [0.29, 0.717) is 18.8 Å². The molecule has 2 aromatic carbocycles. The van der Waals surface area contributed by atoms with E-state index in [1.165, 1.54) is 5.56 Å². The molecule has 0 bridgehead atoms. The molecule has 0 aliphatic carbocycles. The molecule has 2 rings (SSSR count). The Morgan fingerprint density at radius 3 is 2.00 bits per heavy atom. The third-order valence-corrected chi connectivity index (χ3v) is 4.11. The molecule has 0 spiro atoms. The second-order valence-electron chi connectivity index (χ2n) is 5.83. The maximum Gasteiger partial charge on any atom is 0.119 e. The van der Waals surface area contributed by atoms with Gasteiger partial charge >= 0.3 is 0 Å². The van der Waals surface area contributed by atoms with Crippen LogP contribution in [0.2, 0.25) is 0 Å². The van der Waals surface area contributed by atoms with Crippen LogP contribution in [0.5, 0.6) is 5.75 Å². The Hall–Kier alpha value is -1.92. The second kappa shape index (κ2) is 10.8. The lowest BCUT2D eigenvalue weighted by atomic mass is 9.97. The normalized spacial score (nSPS) is 12.3. The molecule has 5 nitrogen and oxygen atoms in total. The van der Waals surface area contributed by atoms with E-state index < -0.39 is 0 Å². The molecule has 0 heterocycles. The predicted octanol–water partition coefficient (Wildman–Crippen LogP) is 1.63. The fourth-order valence-electron chi connectivity index (χ4n) is 2.93. The number of rotatable bonds is 11. The molecule has 5 heteroatoms. The van der Waals surface area contributed by atoms with E-state index in [-0.39, 0.29) is 32.5 Å². The minimum atomic E-state index is -0.0147. The minimum Gasteiger partial charge on any atom is -0.491 e. The van der Waals surface area contributed by atoms with Crippen molar-refractivity contribution in [2.75, 3.05) is 39.5 Å². The first-order valence-corrected chi connectivity index (χ1v) is 8.61. The summed E-state index contributed by atoms with van der Waals surface area (Å²) in [4.78, 5) is 2.09. The van der Waals surface area contributed by atoms with Crippen molar-refractivity contribution in [3.8, 4) is 5.75 Å². The molecule has 3 N–H and O–H groups in total. The topological polar surface area (TPSA) is 73.2 Å². The van der Waals surface area contributed by atoms with E-state index in [9.17, 15) is 10.2 Å². The summed E-state index contributed by atoms with van der Waals surface area (Å²) in [6.07, 6.45) is 0.789. The zero-order valence-electron chi connectivity index (χ0n) is 14.4. The van der Waals surface area contributed by atoms with Crippen LogP contribution in [0.25, 0.3) is 0 Å². The third-order valence-electron chi connectivity index (χ3n) is 4.11. The highest BCUT2D eigenvalue weighted by Crippen LogP contribution is 2.26. The standard InChI is InChI=1S/C20H27NO4/c22-12-10-21(11-13-23)20(16-17-4-2-1-3-5-17)18-6-8-19(9-7-18)25-15-14-24/h1-9,20,22-24H,10-16H2/t20-/m1/s1. The van der Waals surface area contributed by atoms with Crippen molar-refractivity contribution < 1.29 is 20.1 Å². The fraction of sp³-hybridized carbons (Fsp3) is 0.400. The highest BCUT2D eigenvalue weighted by Gasteiger charge is 2.20. The van der Waals surface area contributed by atoms with Crippen molar-refractivity contribution in [1.29, 1.82) is 0 Å². The highest BCUT2D eigenvalue weighted by atomic mass is 16.5. The molecular formula is C20H27NO4. The summed E-state index contributed by atoms with van der Waals surface area (Å²) in [5.74, 6) is 0.715. The highest BCUT2D eigenvalue weighted by molar-refractivity contribution is 5.31. The number of nitrogens with zero attached hydrogens (tertiary/aromatic N) is 1. The quantitative estimate of drug-likeness (QED) is 0.577. The van der Waals surface area contributed by atoms with Crippen molar-refractivity contribution in [3.63, 3.8) is 0 Å². The molecule has 0 saturated heterocycles. The lowest BCUT2D eigenvalue weighted by Crippen LogP contribution is -2.35. The Balaban J connectivity index is 2.22. The summed E-state index contributed by atoms with van der Waals surface area (Å²) in [7, 11) is 0. The van der Waals surface area contributed by atoms with Gasteiger partial charge in [-0.25, -0.2) is 0 Å². The molecular weight excluding hydrogens is 318 g/mol. The van der Waals surface area contributed by atoms with Gasteiger partial charge in [0.1, 0.15) is 12.4 Å². The van der Waals surface area contributed by atoms with Gasteiger partial charge in [-0.2, -0.15) is 0 Å². The summed E-state index contributed by atoms with van der Waals surface area (Å²) in [6.45, 7) is 1.35. The van der Waals surface area contributed by atoms with Crippen LogP contribution in [0.15, 0.2) is 54.6 Å². The van der Waals surface area contributed by atoms with Crippen molar-refractivity contribution in [2.45, 2.75) is 12.5 Å². The van der Waals surface area contributed by atoms with Gasteiger partial charge in [0.15, 0.2) is 0 Å². The average Bonchev–Trinajstić information content (AvgIpc) is 2.66. The number of aliphatic hydroxyl groups excluding tert-OH is 3. The number of benzene rings is 2. The first-order chi connectivity index (χ1) is 12.3. The average molecular weight is 345 g/mol. The monoisotopic (exact) mass is 345 g/mol. The van der Waals surface area contributed by atoms with Crippen molar-refractivity contribution in [1.82, 2.24) is 4.90 Å². The van der Waals surface area contributed by atoms with E-state index in [4.69, 9.17) is 9.84 Å². The van der Waals surface area contributed by atoms with Crippen molar-refractivity contribution in [2.24, 2.45) is 0 Å². The molecule has 0 fully saturated rings. The summed E-state index contributed by atoms with van der Waals surface area (Å²) in [6, 6.07) is 18.0. The Labute approximate surface area is 149 Å². The van der Waals surface area contributed by atoms with Crippen LogP contribution < -0.4 is 4.74 Å². The van der Waals surface area contributed by atoms with Crippen LogP contribution >= 0.6 is 0 Å². The number of hydrogen-bond acceptors (Lipinski definition) is 5. The minimum absolute atomic E-state index is 0.0147. The van der Waals surface area contributed by atoms with Crippen molar-refractivity contribution in [3.05, 3.63) is 65.7 Å². The first-order valence-electron chi connectivity index (χ1n) is 8.61. The van der Waals surface area contributed by atoms with Crippen LogP contribution in [-0.4, -0.2) is 59.7 Å². The van der Waals surface area contributed by atoms with Crippen LogP contribution in [0.3, 0.4) is 0 Å².